The quantitative estimate of drug-likeness (QED) is 0.752. The van der Waals surface area contributed by atoms with Crippen LogP contribution in [0.25, 0.3) is 0 Å². The molecule has 0 aliphatic rings. The van der Waals surface area contributed by atoms with Gasteiger partial charge in [-0.15, -0.1) is 0 Å². The van der Waals surface area contributed by atoms with Gasteiger partial charge in [0, 0.05) is 17.2 Å². The van der Waals surface area contributed by atoms with Crippen LogP contribution in [0.15, 0.2) is 33.3 Å². The summed E-state index contributed by atoms with van der Waals surface area (Å²) in [7, 11) is 0. The summed E-state index contributed by atoms with van der Waals surface area (Å²) in [5.41, 5.74) is 2.15. The molecule has 2 aromatic rings. The Hall–Kier alpha value is -1.14. The van der Waals surface area contributed by atoms with Crippen molar-refractivity contribution in [2.45, 2.75) is 20.3 Å². The Kier molecular flexibility index (Phi) is 5.37. The van der Waals surface area contributed by atoms with Gasteiger partial charge in [0.2, 0.25) is 5.95 Å². The highest BCUT2D eigenvalue weighted by atomic mass is 79.9. The molecule has 0 amide bonds. The van der Waals surface area contributed by atoms with Crippen molar-refractivity contribution in [2.75, 3.05) is 17.2 Å². The molecule has 0 unspecified atom stereocenters. The standard InChI is InChI=1S/C14H16Br2N4/c1-3-7-17-14-18-8-10(15)13(20-14)19-11-6-4-5-9(2)12(11)16/h4-6,8H,3,7H2,1-2H3,(H2,17,18,19,20). The Balaban J connectivity index is 2.26. The molecular weight excluding hydrogens is 384 g/mol. The SMILES string of the molecule is CCCNc1ncc(Br)c(Nc2cccc(C)c2Br)n1. The molecule has 0 aliphatic carbocycles. The van der Waals surface area contributed by atoms with E-state index in [1.807, 2.05) is 12.1 Å². The van der Waals surface area contributed by atoms with Gasteiger partial charge in [0.25, 0.3) is 0 Å². The van der Waals surface area contributed by atoms with E-state index in [-0.39, 0.29) is 0 Å². The molecule has 106 valence electrons. The maximum absolute atomic E-state index is 4.47. The maximum Gasteiger partial charge on any atom is 0.224 e. The van der Waals surface area contributed by atoms with Crippen LogP contribution in [0.4, 0.5) is 17.5 Å². The lowest BCUT2D eigenvalue weighted by molar-refractivity contribution is 0.952. The Bertz CT molecular complexity index is 602. The minimum Gasteiger partial charge on any atom is -0.354 e. The summed E-state index contributed by atoms with van der Waals surface area (Å²) in [5.74, 6) is 1.37. The highest BCUT2D eigenvalue weighted by Gasteiger charge is 2.08. The normalized spacial score (nSPS) is 10.4. The molecule has 20 heavy (non-hydrogen) atoms. The van der Waals surface area contributed by atoms with Gasteiger partial charge < -0.3 is 10.6 Å². The summed E-state index contributed by atoms with van der Waals surface area (Å²) < 4.78 is 1.86. The lowest BCUT2D eigenvalue weighted by atomic mass is 10.2. The van der Waals surface area contributed by atoms with E-state index in [2.05, 4.69) is 72.4 Å². The second kappa shape index (κ2) is 7.04. The fourth-order valence-electron chi connectivity index (χ4n) is 1.65. The maximum atomic E-state index is 4.47. The van der Waals surface area contributed by atoms with E-state index in [0.29, 0.717) is 5.95 Å². The number of rotatable bonds is 5. The average molecular weight is 400 g/mol. The van der Waals surface area contributed by atoms with E-state index in [4.69, 9.17) is 0 Å². The molecule has 0 atom stereocenters. The van der Waals surface area contributed by atoms with Crippen molar-refractivity contribution in [1.29, 1.82) is 0 Å². The first-order valence-electron chi connectivity index (χ1n) is 6.40. The largest absolute Gasteiger partial charge is 0.354 e. The molecule has 0 aliphatic heterocycles. The molecule has 0 saturated carbocycles. The van der Waals surface area contributed by atoms with Gasteiger partial charge in [-0.25, -0.2) is 4.98 Å². The van der Waals surface area contributed by atoms with Crippen LogP contribution in [0.2, 0.25) is 0 Å². The van der Waals surface area contributed by atoms with Gasteiger partial charge in [-0.3, -0.25) is 0 Å². The zero-order valence-corrected chi connectivity index (χ0v) is 14.5. The number of nitrogens with zero attached hydrogens (tertiary/aromatic N) is 2. The molecule has 0 spiro atoms. The number of aryl methyl sites for hydroxylation is 1. The first-order valence-corrected chi connectivity index (χ1v) is 7.99. The molecule has 4 nitrogen and oxygen atoms in total. The van der Waals surface area contributed by atoms with Crippen molar-refractivity contribution in [2.24, 2.45) is 0 Å². The van der Waals surface area contributed by atoms with Gasteiger partial charge in [-0.1, -0.05) is 19.1 Å². The van der Waals surface area contributed by atoms with Gasteiger partial charge in [-0.05, 0) is 56.8 Å². The second-order valence-corrected chi connectivity index (χ2v) is 6.03. The van der Waals surface area contributed by atoms with Gasteiger partial charge >= 0.3 is 0 Å². The van der Waals surface area contributed by atoms with Crippen LogP contribution in [0.1, 0.15) is 18.9 Å². The number of halogens is 2. The third kappa shape index (κ3) is 3.70. The summed E-state index contributed by atoms with van der Waals surface area (Å²) in [6, 6.07) is 6.07. The van der Waals surface area contributed by atoms with E-state index < -0.39 is 0 Å². The van der Waals surface area contributed by atoms with Crippen LogP contribution < -0.4 is 10.6 Å². The van der Waals surface area contributed by atoms with Gasteiger partial charge in [0.1, 0.15) is 5.82 Å². The Morgan fingerprint density at radius 2 is 2.05 bits per heavy atom. The Morgan fingerprint density at radius 3 is 2.80 bits per heavy atom. The topological polar surface area (TPSA) is 49.8 Å². The van der Waals surface area contributed by atoms with E-state index >= 15 is 0 Å². The van der Waals surface area contributed by atoms with Crippen molar-refractivity contribution in [3.8, 4) is 0 Å². The molecule has 0 saturated heterocycles. The fourth-order valence-corrected chi connectivity index (χ4v) is 2.30. The molecule has 0 bridgehead atoms. The van der Waals surface area contributed by atoms with Crippen LogP contribution in [0, 0.1) is 6.92 Å². The molecule has 1 aromatic heterocycles. The molecule has 1 aromatic carbocycles. The summed E-state index contributed by atoms with van der Waals surface area (Å²) in [6.45, 7) is 5.02. The smallest absolute Gasteiger partial charge is 0.224 e. The molecule has 0 radical (unpaired) electrons. The number of anilines is 3. The molecule has 6 heteroatoms. The summed E-state index contributed by atoms with van der Waals surface area (Å²) >= 11 is 7.05. The minimum absolute atomic E-state index is 0.626. The molecular formula is C14H16Br2N4. The lowest BCUT2D eigenvalue weighted by Gasteiger charge is -2.12. The summed E-state index contributed by atoms with van der Waals surface area (Å²) in [5, 5.41) is 6.49. The fraction of sp³-hybridized carbons (Fsp3) is 0.286. The van der Waals surface area contributed by atoms with E-state index in [0.717, 1.165) is 33.4 Å². The average Bonchev–Trinajstić information content (AvgIpc) is 2.44. The molecule has 2 N–H and O–H groups in total. The number of nitrogens with one attached hydrogen (secondary N) is 2. The predicted molar refractivity (Wildman–Crippen MR) is 90.7 cm³/mol. The van der Waals surface area contributed by atoms with Gasteiger partial charge in [0.15, 0.2) is 0 Å². The van der Waals surface area contributed by atoms with Crippen LogP contribution in [-0.4, -0.2) is 16.5 Å². The Labute approximate surface area is 135 Å². The number of benzene rings is 1. The van der Waals surface area contributed by atoms with E-state index in [9.17, 15) is 0 Å². The number of hydrogen-bond acceptors (Lipinski definition) is 4. The second-order valence-electron chi connectivity index (χ2n) is 4.38. The highest BCUT2D eigenvalue weighted by Crippen LogP contribution is 2.30. The van der Waals surface area contributed by atoms with E-state index in [1.54, 1.807) is 6.20 Å². The third-order valence-corrected chi connectivity index (χ3v) is 4.35. The summed E-state index contributed by atoms with van der Waals surface area (Å²) in [6.07, 6.45) is 2.78. The van der Waals surface area contributed by atoms with Crippen LogP contribution >= 0.6 is 31.9 Å². The van der Waals surface area contributed by atoms with Gasteiger partial charge in [0.05, 0.1) is 10.2 Å². The third-order valence-electron chi connectivity index (χ3n) is 2.72. The van der Waals surface area contributed by atoms with Gasteiger partial charge in [-0.2, -0.15) is 4.98 Å². The van der Waals surface area contributed by atoms with Crippen molar-refractivity contribution < 1.29 is 0 Å². The zero-order valence-electron chi connectivity index (χ0n) is 11.4. The van der Waals surface area contributed by atoms with E-state index in [1.165, 1.54) is 5.56 Å². The van der Waals surface area contributed by atoms with Crippen molar-refractivity contribution >= 4 is 49.3 Å². The first kappa shape index (κ1) is 15.3. The molecule has 0 fully saturated rings. The van der Waals surface area contributed by atoms with Crippen molar-refractivity contribution in [3.63, 3.8) is 0 Å². The summed E-state index contributed by atoms with van der Waals surface area (Å²) in [4.78, 5) is 8.71. The van der Waals surface area contributed by atoms with Crippen LogP contribution in [-0.2, 0) is 0 Å². The molecule has 1 heterocycles. The predicted octanol–water partition coefficient (Wildman–Crippen LogP) is 4.88. The Morgan fingerprint density at radius 1 is 1.25 bits per heavy atom. The van der Waals surface area contributed by atoms with Crippen LogP contribution in [0.3, 0.4) is 0 Å². The first-order chi connectivity index (χ1) is 9.61. The van der Waals surface area contributed by atoms with Crippen molar-refractivity contribution in [3.05, 3.63) is 38.9 Å². The van der Waals surface area contributed by atoms with Crippen molar-refractivity contribution in [1.82, 2.24) is 9.97 Å². The monoisotopic (exact) mass is 398 g/mol. The minimum atomic E-state index is 0.626. The molecule has 2 rings (SSSR count). The lowest BCUT2D eigenvalue weighted by Crippen LogP contribution is -2.06. The zero-order chi connectivity index (χ0) is 14.5. The van der Waals surface area contributed by atoms with Crippen LogP contribution in [0.5, 0.6) is 0 Å². The number of aromatic nitrogens is 2. The number of hydrogen-bond donors (Lipinski definition) is 2. The highest BCUT2D eigenvalue weighted by molar-refractivity contribution is 9.11.